The van der Waals surface area contributed by atoms with Crippen LogP contribution in [0.4, 0.5) is 34.6 Å². The number of alkyl halides is 3. The molecule has 3 aromatic carbocycles. The van der Waals surface area contributed by atoms with Crippen molar-refractivity contribution in [2.24, 2.45) is 0 Å². The summed E-state index contributed by atoms with van der Waals surface area (Å²) in [5.41, 5.74) is -0.623. The van der Waals surface area contributed by atoms with E-state index in [9.17, 15) is 31.9 Å². The second-order valence-corrected chi connectivity index (χ2v) is 8.09. The lowest BCUT2D eigenvalue weighted by Crippen LogP contribution is -2.32. The van der Waals surface area contributed by atoms with E-state index in [-0.39, 0.29) is 23.5 Å². The maximum Gasteiger partial charge on any atom is 0.416 e. The Bertz CT molecular complexity index is 1390. The molecule has 0 fully saturated rings. The second-order valence-electron chi connectivity index (χ2n) is 7.71. The molecule has 0 aromatic heterocycles. The summed E-state index contributed by atoms with van der Waals surface area (Å²) in [5, 5.41) is 4.70. The Morgan fingerprint density at radius 2 is 1.61 bits per heavy atom. The molecule has 0 aliphatic carbocycles. The van der Waals surface area contributed by atoms with Gasteiger partial charge in [-0.05, 0) is 48.0 Å². The first-order valence-electron chi connectivity index (χ1n) is 10.4. The van der Waals surface area contributed by atoms with Crippen molar-refractivity contribution in [2.45, 2.75) is 12.6 Å². The van der Waals surface area contributed by atoms with E-state index >= 15 is 0 Å². The maximum atomic E-state index is 13.7. The van der Waals surface area contributed by atoms with E-state index in [0.717, 1.165) is 12.1 Å². The number of hydrogen-bond donors (Lipinski definition) is 2. The Morgan fingerprint density at radius 3 is 2.28 bits per heavy atom. The number of benzene rings is 3. The minimum atomic E-state index is -4.66. The van der Waals surface area contributed by atoms with Gasteiger partial charge in [-0.1, -0.05) is 41.9 Å². The first-order valence-corrected chi connectivity index (χ1v) is 10.8. The Labute approximate surface area is 207 Å². The molecule has 0 saturated heterocycles. The Balaban J connectivity index is 1.45. The summed E-state index contributed by atoms with van der Waals surface area (Å²) in [6.45, 7) is 0. The van der Waals surface area contributed by atoms with E-state index < -0.39 is 40.3 Å². The van der Waals surface area contributed by atoms with Crippen molar-refractivity contribution in [2.75, 3.05) is 15.5 Å². The van der Waals surface area contributed by atoms with Crippen LogP contribution in [0, 0.1) is 5.82 Å². The lowest BCUT2D eigenvalue weighted by molar-refractivity contribution is -0.137. The molecular weight excluding hydrogens is 502 g/mol. The van der Waals surface area contributed by atoms with Gasteiger partial charge in [-0.2, -0.15) is 13.2 Å². The summed E-state index contributed by atoms with van der Waals surface area (Å²) < 4.78 is 52.8. The second kappa shape index (κ2) is 9.82. The number of amides is 3. The van der Waals surface area contributed by atoms with Gasteiger partial charge in [-0.15, -0.1) is 0 Å². The molecule has 1 aliphatic rings. The van der Waals surface area contributed by atoms with Gasteiger partial charge < -0.3 is 10.6 Å². The van der Waals surface area contributed by atoms with E-state index in [0.29, 0.717) is 22.2 Å². The highest BCUT2D eigenvalue weighted by Crippen LogP contribution is 2.35. The standard InChI is InChI=1S/C25H16ClF4N3O3/c26-21-22(24(36)33(23(21)35)17-5-3-4-15(13-17)25(28,29)30)31-16-10-8-14(9-11-16)12-20(34)32-19-7-2-1-6-18(19)27/h1-11,13,31H,12H2,(H,32,34). The third-order valence-corrected chi connectivity index (χ3v) is 5.55. The number of hydrogen-bond acceptors (Lipinski definition) is 4. The fourth-order valence-electron chi connectivity index (χ4n) is 3.46. The van der Waals surface area contributed by atoms with Crippen molar-refractivity contribution in [3.8, 4) is 0 Å². The van der Waals surface area contributed by atoms with E-state index in [4.69, 9.17) is 11.6 Å². The molecule has 3 aromatic rings. The number of carbonyl (C=O) groups excluding carboxylic acids is 3. The summed E-state index contributed by atoms with van der Waals surface area (Å²) in [4.78, 5) is 38.1. The fourth-order valence-corrected chi connectivity index (χ4v) is 3.67. The zero-order valence-electron chi connectivity index (χ0n) is 18.2. The van der Waals surface area contributed by atoms with Crippen LogP contribution in [0.3, 0.4) is 0 Å². The third kappa shape index (κ3) is 5.23. The number of imide groups is 1. The van der Waals surface area contributed by atoms with Crippen molar-refractivity contribution in [3.63, 3.8) is 0 Å². The van der Waals surface area contributed by atoms with Gasteiger partial charge in [0.15, 0.2) is 0 Å². The molecule has 184 valence electrons. The summed E-state index contributed by atoms with van der Waals surface area (Å²) in [6.07, 6.45) is -4.72. The highest BCUT2D eigenvalue weighted by Gasteiger charge is 2.40. The third-order valence-electron chi connectivity index (χ3n) is 5.19. The lowest BCUT2D eigenvalue weighted by Gasteiger charge is -2.17. The van der Waals surface area contributed by atoms with Crippen molar-refractivity contribution in [1.82, 2.24) is 0 Å². The van der Waals surface area contributed by atoms with Crippen molar-refractivity contribution in [1.29, 1.82) is 0 Å². The molecule has 0 bridgehead atoms. The molecule has 1 aliphatic heterocycles. The van der Waals surface area contributed by atoms with E-state index in [1.165, 1.54) is 36.4 Å². The average molecular weight is 518 g/mol. The zero-order chi connectivity index (χ0) is 26.0. The van der Waals surface area contributed by atoms with Gasteiger partial charge >= 0.3 is 6.18 Å². The monoisotopic (exact) mass is 517 g/mol. The molecule has 2 N–H and O–H groups in total. The van der Waals surface area contributed by atoms with Gasteiger partial charge in [0.25, 0.3) is 11.8 Å². The Morgan fingerprint density at radius 1 is 0.917 bits per heavy atom. The van der Waals surface area contributed by atoms with Crippen LogP contribution < -0.4 is 15.5 Å². The van der Waals surface area contributed by atoms with Gasteiger partial charge in [0, 0.05) is 5.69 Å². The van der Waals surface area contributed by atoms with Crippen LogP contribution in [0.15, 0.2) is 83.5 Å². The predicted octanol–water partition coefficient (Wildman–Crippen LogP) is 5.46. The minimum Gasteiger partial charge on any atom is -0.350 e. The van der Waals surface area contributed by atoms with Crippen LogP contribution in [0.2, 0.25) is 0 Å². The zero-order valence-corrected chi connectivity index (χ0v) is 19.0. The Kier molecular flexibility index (Phi) is 6.80. The average Bonchev–Trinajstić information content (AvgIpc) is 3.04. The largest absolute Gasteiger partial charge is 0.416 e. The molecule has 4 rings (SSSR count). The molecular formula is C25H16ClF4N3O3. The minimum absolute atomic E-state index is 0.0529. The Hall–Kier alpha value is -4.18. The molecule has 1 heterocycles. The van der Waals surface area contributed by atoms with Crippen LogP contribution in [-0.2, 0) is 27.0 Å². The van der Waals surface area contributed by atoms with E-state index in [2.05, 4.69) is 10.6 Å². The molecule has 0 spiro atoms. The van der Waals surface area contributed by atoms with Gasteiger partial charge in [-0.3, -0.25) is 14.4 Å². The molecule has 0 radical (unpaired) electrons. The van der Waals surface area contributed by atoms with Crippen LogP contribution in [0.1, 0.15) is 11.1 Å². The summed E-state index contributed by atoms with van der Waals surface area (Å²) >= 11 is 6.04. The lowest BCUT2D eigenvalue weighted by atomic mass is 10.1. The number of anilines is 3. The SMILES string of the molecule is O=C(Cc1ccc(NC2=C(Cl)C(=O)N(c3cccc(C(F)(F)F)c3)C2=O)cc1)Nc1ccccc1F. The molecule has 11 heteroatoms. The quantitative estimate of drug-likeness (QED) is 0.336. The number of halogens is 5. The molecule has 0 atom stereocenters. The number of nitrogens with zero attached hydrogens (tertiary/aromatic N) is 1. The molecule has 36 heavy (non-hydrogen) atoms. The normalized spacial score (nSPS) is 13.9. The highest BCUT2D eigenvalue weighted by molar-refractivity contribution is 6.53. The van der Waals surface area contributed by atoms with Gasteiger partial charge in [0.1, 0.15) is 16.5 Å². The van der Waals surface area contributed by atoms with Gasteiger partial charge in [-0.25, -0.2) is 9.29 Å². The predicted molar refractivity (Wildman–Crippen MR) is 126 cm³/mol. The van der Waals surface area contributed by atoms with E-state index in [1.54, 1.807) is 18.2 Å². The van der Waals surface area contributed by atoms with Crippen molar-refractivity contribution < 1.29 is 31.9 Å². The smallest absolute Gasteiger partial charge is 0.350 e. The van der Waals surface area contributed by atoms with Gasteiger partial charge in [0.2, 0.25) is 5.91 Å². The van der Waals surface area contributed by atoms with Crippen LogP contribution in [0.25, 0.3) is 0 Å². The topological polar surface area (TPSA) is 78.5 Å². The van der Waals surface area contributed by atoms with Crippen molar-refractivity contribution in [3.05, 3.63) is 100 Å². The first-order chi connectivity index (χ1) is 17.0. The number of para-hydroxylation sites is 1. The molecule has 6 nitrogen and oxygen atoms in total. The molecule has 3 amide bonds. The van der Waals surface area contributed by atoms with Gasteiger partial charge in [0.05, 0.1) is 23.4 Å². The molecule has 0 saturated carbocycles. The number of carbonyl (C=O) groups is 3. The summed E-state index contributed by atoms with van der Waals surface area (Å²) in [7, 11) is 0. The fraction of sp³-hybridized carbons (Fsp3) is 0.0800. The number of nitrogens with one attached hydrogen (secondary N) is 2. The summed E-state index contributed by atoms with van der Waals surface area (Å²) in [5.74, 6) is -2.90. The van der Waals surface area contributed by atoms with Crippen LogP contribution in [0.5, 0.6) is 0 Å². The first kappa shape index (κ1) is 24.9. The summed E-state index contributed by atoms with van der Waals surface area (Å²) in [6, 6.07) is 15.7. The van der Waals surface area contributed by atoms with Crippen LogP contribution >= 0.6 is 11.6 Å². The van der Waals surface area contributed by atoms with Crippen LogP contribution in [-0.4, -0.2) is 17.7 Å². The number of rotatable bonds is 6. The maximum absolute atomic E-state index is 13.7. The van der Waals surface area contributed by atoms with Crippen molar-refractivity contribution >= 4 is 46.4 Å². The molecule has 0 unspecified atom stereocenters. The van der Waals surface area contributed by atoms with E-state index in [1.807, 2.05) is 0 Å². The highest BCUT2D eigenvalue weighted by atomic mass is 35.5.